The zero-order chi connectivity index (χ0) is 17.6. The van der Waals surface area contributed by atoms with Gasteiger partial charge in [0.2, 0.25) is 11.8 Å². The number of nitrogens with one attached hydrogen (secondary N) is 1. The molecule has 1 N–H and O–H groups in total. The summed E-state index contributed by atoms with van der Waals surface area (Å²) in [4.78, 5) is 26.4. The molecule has 2 aliphatic rings. The van der Waals surface area contributed by atoms with Gasteiger partial charge in [-0.2, -0.15) is 0 Å². The van der Waals surface area contributed by atoms with Crippen LogP contribution in [0.1, 0.15) is 25.3 Å². The molecule has 136 valence electrons. The Morgan fingerprint density at radius 2 is 2.16 bits per heavy atom. The molecule has 1 aromatic rings. The number of amides is 2. The van der Waals surface area contributed by atoms with Crippen LogP contribution >= 0.6 is 0 Å². The zero-order valence-electron chi connectivity index (χ0n) is 14.7. The molecule has 1 aromatic carbocycles. The van der Waals surface area contributed by atoms with Gasteiger partial charge in [0, 0.05) is 26.1 Å². The lowest BCUT2D eigenvalue weighted by Gasteiger charge is -2.36. The number of likely N-dealkylation sites (tertiary alicyclic amines) is 1. The van der Waals surface area contributed by atoms with Crippen LogP contribution < -0.4 is 10.1 Å². The molecule has 25 heavy (non-hydrogen) atoms. The number of ether oxygens (including phenoxy) is 2. The molecular formula is C19H26N2O4. The van der Waals surface area contributed by atoms with Crippen molar-refractivity contribution in [3.63, 3.8) is 0 Å². The summed E-state index contributed by atoms with van der Waals surface area (Å²) in [6.45, 7) is 4.81. The van der Waals surface area contributed by atoms with E-state index in [0.29, 0.717) is 52.1 Å². The van der Waals surface area contributed by atoms with Gasteiger partial charge >= 0.3 is 0 Å². The molecule has 0 saturated carbocycles. The highest BCUT2D eigenvalue weighted by Crippen LogP contribution is 2.23. The lowest BCUT2D eigenvalue weighted by Crippen LogP contribution is -2.50. The fourth-order valence-electron chi connectivity index (χ4n) is 3.46. The Morgan fingerprint density at radius 1 is 1.36 bits per heavy atom. The molecule has 0 aromatic heterocycles. The monoisotopic (exact) mass is 346 g/mol. The standard InChI is InChI=1S/C19H26N2O4/c1-2-24-15-6-3-14(4-7-15)5-8-18(22)21-11-9-16-17(13-21)25-12-10-20-19(16)23/h3-4,6-7,16-17H,2,5,8-13H2,1H3,(H,20,23)/t16-,17+/m1/s1. The van der Waals surface area contributed by atoms with Crippen LogP contribution in [0.5, 0.6) is 5.75 Å². The summed E-state index contributed by atoms with van der Waals surface area (Å²) in [5.41, 5.74) is 1.12. The first kappa shape index (κ1) is 17.7. The van der Waals surface area contributed by atoms with Gasteiger partial charge in [0.15, 0.2) is 0 Å². The van der Waals surface area contributed by atoms with Crippen molar-refractivity contribution in [2.24, 2.45) is 5.92 Å². The van der Waals surface area contributed by atoms with Crippen molar-refractivity contribution in [1.82, 2.24) is 10.2 Å². The lowest BCUT2D eigenvalue weighted by molar-refractivity contribution is -0.141. The van der Waals surface area contributed by atoms with Crippen LogP contribution in [-0.4, -0.2) is 55.7 Å². The van der Waals surface area contributed by atoms with E-state index in [-0.39, 0.29) is 23.8 Å². The van der Waals surface area contributed by atoms with Gasteiger partial charge in [-0.1, -0.05) is 12.1 Å². The van der Waals surface area contributed by atoms with Crippen molar-refractivity contribution in [1.29, 1.82) is 0 Å². The van der Waals surface area contributed by atoms with E-state index in [0.717, 1.165) is 11.3 Å². The Kier molecular flexibility index (Phi) is 5.91. The molecule has 2 saturated heterocycles. The van der Waals surface area contributed by atoms with Crippen LogP contribution in [0.3, 0.4) is 0 Å². The van der Waals surface area contributed by atoms with Gasteiger partial charge in [-0.05, 0) is 37.5 Å². The van der Waals surface area contributed by atoms with Crippen molar-refractivity contribution in [3.05, 3.63) is 29.8 Å². The van der Waals surface area contributed by atoms with Crippen LogP contribution in [0, 0.1) is 5.92 Å². The van der Waals surface area contributed by atoms with Crippen molar-refractivity contribution in [2.45, 2.75) is 32.3 Å². The quantitative estimate of drug-likeness (QED) is 0.875. The van der Waals surface area contributed by atoms with Crippen LogP contribution in [0.25, 0.3) is 0 Å². The largest absolute Gasteiger partial charge is 0.494 e. The number of hydrogen-bond acceptors (Lipinski definition) is 4. The number of carbonyl (C=O) groups excluding carboxylic acids is 2. The van der Waals surface area contributed by atoms with Crippen molar-refractivity contribution in [2.75, 3.05) is 32.8 Å². The predicted molar refractivity (Wildman–Crippen MR) is 93.4 cm³/mol. The molecular weight excluding hydrogens is 320 g/mol. The summed E-state index contributed by atoms with van der Waals surface area (Å²) >= 11 is 0. The van der Waals surface area contributed by atoms with Gasteiger partial charge in [-0.25, -0.2) is 0 Å². The average Bonchev–Trinajstić information content (AvgIpc) is 2.82. The summed E-state index contributed by atoms with van der Waals surface area (Å²) in [7, 11) is 0. The third kappa shape index (κ3) is 4.51. The van der Waals surface area contributed by atoms with E-state index in [1.165, 1.54) is 0 Å². The molecule has 0 bridgehead atoms. The second-order valence-corrected chi connectivity index (χ2v) is 6.51. The second-order valence-electron chi connectivity index (χ2n) is 6.51. The van der Waals surface area contributed by atoms with Crippen LogP contribution in [0.4, 0.5) is 0 Å². The summed E-state index contributed by atoms with van der Waals surface area (Å²) < 4.78 is 11.2. The van der Waals surface area contributed by atoms with E-state index < -0.39 is 0 Å². The highest BCUT2D eigenvalue weighted by molar-refractivity contribution is 5.81. The number of piperidine rings is 1. The summed E-state index contributed by atoms with van der Waals surface area (Å²) in [5, 5.41) is 2.87. The first-order chi connectivity index (χ1) is 12.2. The SMILES string of the molecule is CCOc1ccc(CCC(=O)N2CC[C@H]3C(=O)NCCO[C@H]3C2)cc1. The summed E-state index contributed by atoms with van der Waals surface area (Å²) in [6, 6.07) is 7.88. The maximum atomic E-state index is 12.5. The van der Waals surface area contributed by atoms with Crippen molar-refractivity contribution in [3.8, 4) is 5.75 Å². The van der Waals surface area contributed by atoms with Gasteiger partial charge in [0.25, 0.3) is 0 Å². The minimum Gasteiger partial charge on any atom is -0.494 e. The highest BCUT2D eigenvalue weighted by atomic mass is 16.5. The number of fused-ring (bicyclic) bond motifs is 1. The molecule has 3 rings (SSSR count). The minimum absolute atomic E-state index is 0.0592. The second kappa shape index (κ2) is 8.34. The molecule has 2 fully saturated rings. The minimum atomic E-state index is -0.175. The van der Waals surface area contributed by atoms with E-state index in [1.54, 1.807) is 0 Å². The Bertz CT molecular complexity index is 602. The number of carbonyl (C=O) groups is 2. The van der Waals surface area contributed by atoms with E-state index in [2.05, 4.69) is 5.32 Å². The number of rotatable bonds is 5. The van der Waals surface area contributed by atoms with E-state index in [4.69, 9.17) is 9.47 Å². The fraction of sp³-hybridized carbons (Fsp3) is 0.579. The topological polar surface area (TPSA) is 67.9 Å². The Morgan fingerprint density at radius 3 is 2.92 bits per heavy atom. The Balaban J connectivity index is 1.50. The molecule has 2 aliphatic heterocycles. The normalized spacial score (nSPS) is 23.4. The van der Waals surface area contributed by atoms with Gasteiger partial charge in [0.1, 0.15) is 5.75 Å². The van der Waals surface area contributed by atoms with Gasteiger partial charge in [-0.3, -0.25) is 9.59 Å². The summed E-state index contributed by atoms with van der Waals surface area (Å²) in [6.07, 6.45) is 1.67. The molecule has 2 atom stereocenters. The van der Waals surface area contributed by atoms with Crippen molar-refractivity contribution < 1.29 is 19.1 Å². The smallest absolute Gasteiger partial charge is 0.225 e. The number of benzene rings is 1. The van der Waals surface area contributed by atoms with Crippen LogP contribution in [0.2, 0.25) is 0 Å². The maximum absolute atomic E-state index is 12.5. The molecule has 6 heteroatoms. The molecule has 0 unspecified atom stereocenters. The van der Waals surface area contributed by atoms with Gasteiger partial charge < -0.3 is 19.7 Å². The first-order valence-corrected chi connectivity index (χ1v) is 9.06. The molecule has 0 radical (unpaired) electrons. The predicted octanol–water partition coefficient (Wildman–Crippen LogP) is 1.38. The van der Waals surface area contributed by atoms with Crippen molar-refractivity contribution >= 4 is 11.8 Å². The molecule has 0 aliphatic carbocycles. The van der Waals surface area contributed by atoms with Crippen LogP contribution in [-0.2, 0) is 20.7 Å². The highest BCUT2D eigenvalue weighted by Gasteiger charge is 2.37. The Hall–Kier alpha value is -2.08. The summed E-state index contributed by atoms with van der Waals surface area (Å²) in [5.74, 6) is 0.908. The van der Waals surface area contributed by atoms with Gasteiger partial charge in [-0.15, -0.1) is 0 Å². The Labute approximate surface area is 148 Å². The molecule has 2 amide bonds. The average molecular weight is 346 g/mol. The van der Waals surface area contributed by atoms with E-state index in [9.17, 15) is 9.59 Å². The molecule has 6 nitrogen and oxygen atoms in total. The third-order valence-corrected chi connectivity index (χ3v) is 4.84. The fourth-order valence-corrected chi connectivity index (χ4v) is 3.46. The van der Waals surface area contributed by atoms with E-state index >= 15 is 0 Å². The van der Waals surface area contributed by atoms with Crippen LogP contribution in [0.15, 0.2) is 24.3 Å². The number of nitrogens with zero attached hydrogens (tertiary/aromatic N) is 1. The first-order valence-electron chi connectivity index (χ1n) is 9.06. The van der Waals surface area contributed by atoms with E-state index in [1.807, 2.05) is 36.1 Å². The third-order valence-electron chi connectivity index (χ3n) is 4.84. The lowest BCUT2D eigenvalue weighted by atomic mass is 9.92. The molecule has 2 heterocycles. The number of hydrogen-bond donors (Lipinski definition) is 1. The van der Waals surface area contributed by atoms with Gasteiger partial charge in [0.05, 0.1) is 25.2 Å². The maximum Gasteiger partial charge on any atom is 0.225 e. The molecule has 0 spiro atoms. The zero-order valence-corrected chi connectivity index (χ0v) is 14.7. The number of aryl methyl sites for hydroxylation is 1.